The first kappa shape index (κ1) is 22.9. The van der Waals surface area contributed by atoms with E-state index in [0.717, 1.165) is 38.6 Å². The summed E-state index contributed by atoms with van der Waals surface area (Å²) < 4.78 is 36.0. The number of alkyl halides is 2. The van der Waals surface area contributed by atoms with Crippen molar-refractivity contribution >= 4 is 23.2 Å². The molecule has 3 aliphatic rings. The van der Waals surface area contributed by atoms with Crippen LogP contribution in [0.1, 0.15) is 32.1 Å². The van der Waals surface area contributed by atoms with Crippen LogP contribution < -0.4 is 20.7 Å². The molecule has 1 saturated heterocycles. The van der Waals surface area contributed by atoms with Gasteiger partial charge in [0.1, 0.15) is 12.6 Å². The van der Waals surface area contributed by atoms with Crippen LogP contribution in [0, 0.1) is 5.92 Å². The molecule has 0 radical (unpaired) electrons. The van der Waals surface area contributed by atoms with Crippen molar-refractivity contribution in [2.45, 2.75) is 50.8 Å². The molecule has 3 fully saturated rings. The molecule has 3 N–H and O–H groups in total. The number of carbonyl (C=O) groups is 2. The van der Waals surface area contributed by atoms with Crippen LogP contribution in [0.15, 0.2) is 18.2 Å². The van der Waals surface area contributed by atoms with Gasteiger partial charge in [0.25, 0.3) is 5.91 Å². The maximum atomic E-state index is 13.2. The quantitative estimate of drug-likeness (QED) is 0.565. The molecule has 2 saturated carbocycles. The van der Waals surface area contributed by atoms with E-state index in [-0.39, 0.29) is 36.4 Å². The van der Waals surface area contributed by atoms with Gasteiger partial charge in [-0.3, -0.25) is 14.5 Å². The highest BCUT2D eigenvalue weighted by molar-refractivity contribution is 5.98. The highest BCUT2D eigenvalue weighted by Gasteiger charge is 2.37. The zero-order valence-corrected chi connectivity index (χ0v) is 18.0. The minimum atomic E-state index is -3.08. The smallest absolute Gasteiger partial charge is 0.387 e. The van der Waals surface area contributed by atoms with Crippen molar-refractivity contribution < 1.29 is 27.8 Å². The third-order valence-corrected chi connectivity index (χ3v) is 6.37. The first-order chi connectivity index (χ1) is 15.5. The summed E-state index contributed by atoms with van der Waals surface area (Å²) in [6.07, 6.45) is 5.54. The molecule has 32 heavy (non-hydrogen) atoms. The number of nitrogens with one attached hydrogen (secondary N) is 1. The maximum Gasteiger partial charge on any atom is 0.387 e. The van der Waals surface area contributed by atoms with Crippen molar-refractivity contribution in [3.8, 4) is 5.75 Å². The molecule has 1 heterocycles. The number of ether oxygens (including phenoxy) is 2. The fourth-order valence-corrected chi connectivity index (χ4v) is 4.22. The van der Waals surface area contributed by atoms with Gasteiger partial charge in [0, 0.05) is 37.4 Å². The molecule has 1 aromatic rings. The molecular weight excluding hydrogens is 422 g/mol. The maximum absolute atomic E-state index is 13.2. The number of nitrogens with two attached hydrogens (primary N) is 1. The third-order valence-electron chi connectivity index (χ3n) is 6.37. The molecule has 176 valence electrons. The lowest BCUT2D eigenvalue weighted by Crippen LogP contribution is -2.55. The molecule has 0 unspecified atom stereocenters. The summed E-state index contributed by atoms with van der Waals surface area (Å²) in [7, 11) is 0. The summed E-state index contributed by atoms with van der Waals surface area (Å²) in [5.41, 5.74) is 6.52. The Bertz CT molecular complexity index is 832. The molecule has 2 aliphatic carbocycles. The Balaban J connectivity index is 1.52. The van der Waals surface area contributed by atoms with Gasteiger partial charge in [-0.1, -0.05) is 6.42 Å². The van der Waals surface area contributed by atoms with Gasteiger partial charge in [-0.05, 0) is 43.7 Å². The molecule has 8 nitrogen and oxygen atoms in total. The minimum Gasteiger partial charge on any atom is -0.433 e. The van der Waals surface area contributed by atoms with Gasteiger partial charge in [0.15, 0.2) is 5.75 Å². The molecule has 4 rings (SSSR count). The molecule has 0 bridgehead atoms. The number of nitrogens with zero attached hydrogens (tertiary/aromatic N) is 2. The zero-order valence-electron chi connectivity index (χ0n) is 18.0. The molecule has 2 amide bonds. The van der Waals surface area contributed by atoms with Gasteiger partial charge in [-0.15, -0.1) is 0 Å². The summed E-state index contributed by atoms with van der Waals surface area (Å²) in [5.74, 6) is -0.205. The van der Waals surface area contributed by atoms with E-state index in [0.29, 0.717) is 30.8 Å². The summed E-state index contributed by atoms with van der Waals surface area (Å²) in [6, 6.07) is 4.22. The van der Waals surface area contributed by atoms with Gasteiger partial charge >= 0.3 is 6.61 Å². The zero-order chi connectivity index (χ0) is 22.7. The van der Waals surface area contributed by atoms with E-state index in [9.17, 15) is 18.4 Å². The molecule has 1 aliphatic heterocycles. The number of carbonyl (C=O) groups excluding carboxylic acids is 2. The Morgan fingerprint density at radius 3 is 2.69 bits per heavy atom. The average molecular weight is 453 g/mol. The van der Waals surface area contributed by atoms with E-state index in [2.05, 4.69) is 15.0 Å². The highest BCUT2D eigenvalue weighted by Crippen LogP contribution is 2.36. The lowest BCUT2D eigenvalue weighted by Gasteiger charge is -2.41. The Hall–Kier alpha value is -2.30. The van der Waals surface area contributed by atoms with Crippen LogP contribution in [0.3, 0.4) is 0 Å². The first-order valence-corrected chi connectivity index (χ1v) is 11.2. The van der Waals surface area contributed by atoms with Gasteiger partial charge in [0.05, 0.1) is 12.3 Å². The Kier molecular flexibility index (Phi) is 7.22. The standard InChI is InChI=1S/C22H30F2N4O4/c23-22(24)32-19-10-16(27-8-9-31-13-20(27)29)6-7-17(19)26-21(30)18(11-25)28(12-14-4-5-14)15-2-1-3-15/h6-7,10,14-15,18,22H,1-5,8-9,11-13,25H2,(H,26,30)/t18-/m0/s1. The van der Waals surface area contributed by atoms with Crippen molar-refractivity contribution in [1.82, 2.24) is 4.90 Å². The van der Waals surface area contributed by atoms with E-state index >= 15 is 0 Å². The topological polar surface area (TPSA) is 97.1 Å². The van der Waals surface area contributed by atoms with E-state index in [1.807, 2.05) is 0 Å². The summed E-state index contributed by atoms with van der Waals surface area (Å²) in [5, 5.41) is 2.74. The van der Waals surface area contributed by atoms with Gasteiger partial charge < -0.3 is 25.4 Å². The van der Waals surface area contributed by atoms with E-state index in [4.69, 9.17) is 10.5 Å². The molecule has 10 heteroatoms. The van der Waals surface area contributed by atoms with Crippen molar-refractivity contribution in [3.63, 3.8) is 0 Å². The summed E-state index contributed by atoms with van der Waals surface area (Å²) >= 11 is 0. The fraction of sp³-hybridized carbons (Fsp3) is 0.636. The predicted molar refractivity (Wildman–Crippen MR) is 115 cm³/mol. The lowest BCUT2D eigenvalue weighted by molar-refractivity contribution is -0.125. The number of morpholine rings is 1. The molecule has 0 aromatic heterocycles. The van der Waals surface area contributed by atoms with Crippen LogP contribution in [0.2, 0.25) is 0 Å². The Morgan fingerprint density at radius 2 is 2.09 bits per heavy atom. The Morgan fingerprint density at radius 1 is 1.31 bits per heavy atom. The number of benzene rings is 1. The number of halogens is 2. The van der Waals surface area contributed by atoms with Crippen LogP contribution in [0.4, 0.5) is 20.2 Å². The fourth-order valence-electron chi connectivity index (χ4n) is 4.22. The third kappa shape index (κ3) is 5.36. The van der Waals surface area contributed by atoms with Crippen molar-refractivity contribution in [2.24, 2.45) is 11.7 Å². The second-order valence-electron chi connectivity index (χ2n) is 8.62. The van der Waals surface area contributed by atoms with E-state index in [1.54, 1.807) is 6.07 Å². The molecule has 1 atom stereocenters. The highest BCUT2D eigenvalue weighted by atomic mass is 19.3. The first-order valence-electron chi connectivity index (χ1n) is 11.2. The second-order valence-corrected chi connectivity index (χ2v) is 8.62. The van der Waals surface area contributed by atoms with Gasteiger partial charge in [-0.25, -0.2) is 0 Å². The number of amides is 2. The van der Waals surface area contributed by atoms with Crippen molar-refractivity contribution in [3.05, 3.63) is 18.2 Å². The molecule has 1 aromatic carbocycles. The van der Waals surface area contributed by atoms with Crippen molar-refractivity contribution in [1.29, 1.82) is 0 Å². The average Bonchev–Trinajstić information content (AvgIpc) is 3.53. The SMILES string of the molecule is NC[C@@H](C(=O)Nc1ccc(N2CCOCC2=O)cc1OC(F)F)N(CC1CC1)C1CCC1. The van der Waals surface area contributed by atoms with Crippen LogP contribution in [0.5, 0.6) is 5.75 Å². The largest absolute Gasteiger partial charge is 0.433 e. The lowest BCUT2D eigenvalue weighted by atomic mass is 9.89. The monoisotopic (exact) mass is 452 g/mol. The predicted octanol–water partition coefficient (Wildman–Crippen LogP) is 2.18. The number of anilines is 2. The second kappa shape index (κ2) is 10.1. The van der Waals surface area contributed by atoms with Gasteiger partial charge in [-0.2, -0.15) is 8.78 Å². The number of hydrogen-bond donors (Lipinski definition) is 2. The van der Waals surface area contributed by atoms with Crippen LogP contribution >= 0.6 is 0 Å². The normalized spacial score (nSPS) is 20.4. The van der Waals surface area contributed by atoms with Crippen LogP contribution in [-0.2, 0) is 14.3 Å². The van der Waals surface area contributed by atoms with Crippen LogP contribution in [0.25, 0.3) is 0 Å². The summed E-state index contributed by atoms with van der Waals surface area (Å²) in [4.78, 5) is 28.9. The molecular formula is C22H30F2N4O4. The van der Waals surface area contributed by atoms with Gasteiger partial charge in [0.2, 0.25) is 5.91 Å². The van der Waals surface area contributed by atoms with E-state index in [1.165, 1.54) is 17.0 Å². The number of hydrogen-bond acceptors (Lipinski definition) is 6. The van der Waals surface area contributed by atoms with Crippen LogP contribution in [-0.4, -0.2) is 68.3 Å². The minimum absolute atomic E-state index is 0.0697. The number of rotatable bonds is 10. The van der Waals surface area contributed by atoms with Crippen molar-refractivity contribution in [2.75, 3.05) is 43.1 Å². The summed E-state index contributed by atoms with van der Waals surface area (Å²) in [6.45, 7) is -1.51. The Labute approximate surface area is 186 Å². The van der Waals surface area contributed by atoms with E-state index < -0.39 is 12.7 Å². The molecule has 0 spiro atoms.